The van der Waals surface area contributed by atoms with Gasteiger partial charge >= 0.3 is 0 Å². The molecule has 0 amide bonds. The Hall–Kier alpha value is -1.64. The molecule has 104 valence electrons. The molecule has 0 aliphatic heterocycles. The van der Waals surface area contributed by atoms with Crippen molar-refractivity contribution >= 4 is 0 Å². The first-order valence-corrected chi connectivity index (χ1v) is 7.46. The zero-order valence-electron chi connectivity index (χ0n) is 11.7. The minimum Gasteiger partial charge on any atom is -0.271 e. The van der Waals surface area contributed by atoms with Crippen molar-refractivity contribution in [3.8, 4) is 0 Å². The molecular formula is C18H22N2. The maximum Gasteiger partial charge on any atom is 0.0348 e. The predicted octanol–water partition coefficient (Wildman–Crippen LogP) is 3.45. The summed E-state index contributed by atoms with van der Waals surface area (Å²) in [5, 5.41) is 0. The summed E-state index contributed by atoms with van der Waals surface area (Å²) < 4.78 is 0. The summed E-state index contributed by atoms with van der Waals surface area (Å²) in [6.45, 7) is 0. The first kappa shape index (κ1) is 13.3. The number of hydrazine groups is 1. The average Bonchev–Trinajstić information content (AvgIpc) is 2.47. The Kier molecular flexibility index (Phi) is 4.14. The number of hydrogen-bond acceptors (Lipinski definition) is 2. The highest BCUT2D eigenvalue weighted by molar-refractivity contribution is 5.34. The van der Waals surface area contributed by atoms with Crippen LogP contribution in [0.2, 0.25) is 0 Å². The summed E-state index contributed by atoms with van der Waals surface area (Å²) in [6, 6.07) is 21.7. The zero-order valence-corrected chi connectivity index (χ0v) is 11.7. The fourth-order valence-corrected chi connectivity index (χ4v) is 3.23. The van der Waals surface area contributed by atoms with Crippen LogP contribution in [0.5, 0.6) is 0 Å². The summed E-state index contributed by atoms with van der Waals surface area (Å²) in [7, 11) is 0. The molecule has 0 bridgehead atoms. The SMILES string of the molecule is NNC(C1CCC1)C(c1ccccc1)c1ccccc1. The second-order valence-electron chi connectivity index (χ2n) is 5.68. The van der Waals surface area contributed by atoms with Crippen molar-refractivity contribution in [3.63, 3.8) is 0 Å². The molecule has 1 unspecified atom stereocenters. The molecule has 0 heterocycles. The molecule has 1 fully saturated rings. The van der Waals surface area contributed by atoms with E-state index in [2.05, 4.69) is 66.1 Å². The molecule has 1 atom stereocenters. The Bertz CT molecular complexity index is 480. The third-order valence-electron chi connectivity index (χ3n) is 4.53. The number of rotatable bonds is 5. The van der Waals surface area contributed by atoms with Gasteiger partial charge in [-0.3, -0.25) is 11.3 Å². The topological polar surface area (TPSA) is 38.0 Å². The predicted molar refractivity (Wildman–Crippen MR) is 83.2 cm³/mol. The third kappa shape index (κ3) is 2.62. The van der Waals surface area contributed by atoms with Gasteiger partial charge in [-0.2, -0.15) is 0 Å². The van der Waals surface area contributed by atoms with Gasteiger partial charge in [-0.05, 0) is 29.9 Å². The summed E-state index contributed by atoms with van der Waals surface area (Å²) in [4.78, 5) is 0. The molecule has 0 saturated heterocycles. The van der Waals surface area contributed by atoms with E-state index in [1.165, 1.54) is 30.4 Å². The molecule has 3 N–H and O–H groups in total. The molecule has 0 spiro atoms. The van der Waals surface area contributed by atoms with E-state index in [9.17, 15) is 0 Å². The monoisotopic (exact) mass is 266 g/mol. The van der Waals surface area contributed by atoms with E-state index in [0.717, 1.165) is 0 Å². The van der Waals surface area contributed by atoms with Crippen molar-refractivity contribution in [2.75, 3.05) is 0 Å². The van der Waals surface area contributed by atoms with Crippen LogP contribution in [-0.4, -0.2) is 6.04 Å². The molecule has 1 saturated carbocycles. The van der Waals surface area contributed by atoms with E-state index in [0.29, 0.717) is 17.9 Å². The van der Waals surface area contributed by atoms with Gasteiger partial charge < -0.3 is 0 Å². The number of benzene rings is 2. The van der Waals surface area contributed by atoms with Gasteiger partial charge in [0.2, 0.25) is 0 Å². The smallest absolute Gasteiger partial charge is 0.0348 e. The van der Waals surface area contributed by atoms with Crippen LogP contribution in [0.15, 0.2) is 60.7 Å². The van der Waals surface area contributed by atoms with E-state index in [1.54, 1.807) is 0 Å². The van der Waals surface area contributed by atoms with Crippen LogP contribution in [0.1, 0.15) is 36.3 Å². The summed E-state index contributed by atoms with van der Waals surface area (Å²) in [5.41, 5.74) is 5.78. The molecular weight excluding hydrogens is 244 g/mol. The fraction of sp³-hybridized carbons (Fsp3) is 0.333. The first-order valence-electron chi connectivity index (χ1n) is 7.46. The van der Waals surface area contributed by atoms with Gasteiger partial charge in [-0.15, -0.1) is 0 Å². The van der Waals surface area contributed by atoms with Crippen LogP contribution in [-0.2, 0) is 0 Å². The highest BCUT2D eigenvalue weighted by Gasteiger charge is 2.34. The number of hydrogen-bond donors (Lipinski definition) is 2. The third-order valence-corrected chi connectivity index (χ3v) is 4.53. The lowest BCUT2D eigenvalue weighted by Gasteiger charge is -2.38. The summed E-state index contributed by atoms with van der Waals surface area (Å²) >= 11 is 0. The average molecular weight is 266 g/mol. The maximum absolute atomic E-state index is 5.91. The zero-order chi connectivity index (χ0) is 13.8. The van der Waals surface area contributed by atoms with Gasteiger partial charge in [-0.1, -0.05) is 67.1 Å². The van der Waals surface area contributed by atoms with Crippen LogP contribution < -0.4 is 11.3 Å². The lowest BCUT2D eigenvalue weighted by Crippen LogP contribution is -2.47. The molecule has 2 aromatic carbocycles. The van der Waals surface area contributed by atoms with Crippen molar-refractivity contribution < 1.29 is 0 Å². The Balaban J connectivity index is 1.98. The van der Waals surface area contributed by atoms with E-state index < -0.39 is 0 Å². The Labute approximate surface area is 121 Å². The van der Waals surface area contributed by atoms with Crippen LogP contribution in [0, 0.1) is 5.92 Å². The van der Waals surface area contributed by atoms with Gasteiger partial charge in [0.25, 0.3) is 0 Å². The van der Waals surface area contributed by atoms with Crippen molar-refractivity contribution in [2.24, 2.45) is 11.8 Å². The van der Waals surface area contributed by atoms with Gasteiger partial charge in [0, 0.05) is 12.0 Å². The second-order valence-corrected chi connectivity index (χ2v) is 5.68. The number of nitrogens with one attached hydrogen (secondary N) is 1. The maximum atomic E-state index is 5.91. The molecule has 0 aromatic heterocycles. The minimum atomic E-state index is 0.313. The Morgan fingerprint density at radius 2 is 1.35 bits per heavy atom. The summed E-state index contributed by atoms with van der Waals surface area (Å²) in [6.07, 6.45) is 3.90. The van der Waals surface area contributed by atoms with Gasteiger partial charge in [0.05, 0.1) is 0 Å². The van der Waals surface area contributed by atoms with E-state index in [1.807, 2.05) is 0 Å². The van der Waals surface area contributed by atoms with E-state index in [-0.39, 0.29) is 0 Å². The van der Waals surface area contributed by atoms with Crippen LogP contribution >= 0.6 is 0 Å². The molecule has 3 rings (SSSR count). The van der Waals surface area contributed by atoms with Crippen molar-refractivity contribution in [1.82, 2.24) is 5.43 Å². The van der Waals surface area contributed by atoms with Gasteiger partial charge in [-0.25, -0.2) is 0 Å². The quantitative estimate of drug-likeness (QED) is 0.642. The Morgan fingerprint density at radius 3 is 1.70 bits per heavy atom. The van der Waals surface area contributed by atoms with Crippen molar-refractivity contribution in [3.05, 3.63) is 71.8 Å². The number of nitrogens with two attached hydrogens (primary N) is 1. The molecule has 0 radical (unpaired) electrons. The molecule has 2 nitrogen and oxygen atoms in total. The molecule has 2 aromatic rings. The Morgan fingerprint density at radius 1 is 0.850 bits per heavy atom. The largest absolute Gasteiger partial charge is 0.271 e. The van der Waals surface area contributed by atoms with Crippen LogP contribution in [0.25, 0.3) is 0 Å². The van der Waals surface area contributed by atoms with Crippen molar-refractivity contribution in [1.29, 1.82) is 0 Å². The summed E-state index contributed by atoms with van der Waals surface area (Å²) in [5.74, 6) is 6.92. The van der Waals surface area contributed by atoms with Crippen LogP contribution in [0.4, 0.5) is 0 Å². The molecule has 2 heteroatoms. The van der Waals surface area contributed by atoms with Gasteiger partial charge in [0.1, 0.15) is 0 Å². The lowest BCUT2D eigenvalue weighted by atomic mass is 9.71. The fourth-order valence-electron chi connectivity index (χ4n) is 3.23. The van der Waals surface area contributed by atoms with Crippen LogP contribution in [0.3, 0.4) is 0 Å². The molecule has 20 heavy (non-hydrogen) atoms. The normalized spacial score (nSPS) is 16.9. The second kappa shape index (κ2) is 6.21. The highest BCUT2D eigenvalue weighted by atomic mass is 15.2. The van der Waals surface area contributed by atoms with E-state index in [4.69, 9.17) is 5.84 Å². The first-order chi connectivity index (χ1) is 9.90. The van der Waals surface area contributed by atoms with Gasteiger partial charge in [0.15, 0.2) is 0 Å². The standard InChI is InChI=1S/C18H22N2/c19-20-18(16-12-7-13-16)17(14-8-3-1-4-9-14)15-10-5-2-6-11-15/h1-6,8-11,16-18,20H,7,12-13,19H2. The minimum absolute atomic E-state index is 0.313. The van der Waals surface area contributed by atoms with Crippen molar-refractivity contribution in [2.45, 2.75) is 31.2 Å². The highest BCUT2D eigenvalue weighted by Crippen LogP contribution is 2.39. The van der Waals surface area contributed by atoms with E-state index >= 15 is 0 Å². The molecule has 1 aliphatic rings. The lowest BCUT2D eigenvalue weighted by molar-refractivity contribution is 0.214. The molecule has 1 aliphatic carbocycles.